The Morgan fingerprint density at radius 2 is 2.07 bits per heavy atom. The van der Waals surface area contributed by atoms with Crippen LogP contribution >= 0.6 is 11.8 Å². The molecule has 3 aromatic rings. The number of pyridine rings is 1. The summed E-state index contributed by atoms with van der Waals surface area (Å²) < 4.78 is 1.71. The minimum absolute atomic E-state index is 0.143. The van der Waals surface area contributed by atoms with Crippen LogP contribution in [0.3, 0.4) is 0 Å². The molecular weight excluding hydrogens is 362 g/mol. The van der Waals surface area contributed by atoms with Crippen molar-refractivity contribution in [1.29, 1.82) is 0 Å². The predicted octanol–water partition coefficient (Wildman–Crippen LogP) is 2.31. The van der Waals surface area contributed by atoms with E-state index in [4.69, 9.17) is 4.98 Å². The molecule has 0 aliphatic carbocycles. The van der Waals surface area contributed by atoms with Crippen LogP contribution in [0.1, 0.15) is 24.1 Å². The van der Waals surface area contributed by atoms with Gasteiger partial charge in [0.05, 0.1) is 34.9 Å². The second-order valence-electron chi connectivity index (χ2n) is 7.04. The zero-order valence-electron chi connectivity index (χ0n) is 15.1. The predicted molar refractivity (Wildman–Crippen MR) is 105 cm³/mol. The molecule has 3 aromatic heterocycles. The maximum atomic E-state index is 13.0. The van der Waals surface area contributed by atoms with Crippen LogP contribution in [0, 0.1) is 6.92 Å². The van der Waals surface area contributed by atoms with Crippen molar-refractivity contribution < 1.29 is 4.79 Å². The lowest BCUT2D eigenvalue weighted by Gasteiger charge is -2.30. The van der Waals surface area contributed by atoms with Crippen molar-refractivity contribution in [2.24, 2.45) is 0 Å². The molecule has 1 N–H and O–H groups in total. The lowest BCUT2D eigenvalue weighted by molar-refractivity contribution is -0.123. The fourth-order valence-electron chi connectivity index (χ4n) is 3.94. The van der Waals surface area contributed by atoms with Gasteiger partial charge in [0.2, 0.25) is 11.9 Å². The van der Waals surface area contributed by atoms with Crippen LogP contribution < -0.4 is 10.2 Å². The van der Waals surface area contributed by atoms with Gasteiger partial charge in [-0.25, -0.2) is 19.5 Å². The van der Waals surface area contributed by atoms with Gasteiger partial charge < -0.3 is 10.2 Å². The van der Waals surface area contributed by atoms with Crippen LogP contribution in [-0.2, 0) is 10.2 Å². The number of carbonyl (C=O) groups is 1. The molecule has 0 radical (unpaired) electrons. The number of nitrogens with one attached hydrogen (secondary N) is 1. The minimum atomic E-state index is -0.500. The Labute approximate surface area is 160 Å². The van der Waals surface area contributed by atoms with Gasteiger partial charge in [-0.3, -0.25) is 4.79 Å². The van der Waals surface area contributed by atoms with Crippen molar-refractivity contribution >= 4 is 40.6 Å². The van der Waals surface area contributed by atoms with E-state index in [9.17, 15) is 4.79 Å². The molecule has 5 heterocycles. The number of aryl methyl sites for hydroxylation is 1. The zero-order chi connectivity index (χ0) is 18.6. The third-order valence-electron chi connectivity index (χ3n) is 5.51. The van der Waals surface area contributed by atoms with Gasteiger partial charge in [-0.15, -0.1) is 0 Å². The smallest absolute Gasteiger partial charge is 0.239 e. The van der Waals surface area contributed by atoms with E-state index in [0.717, 1.165) is 52.6 Å². The van der Waals surface area contributed by atoms with E-state index in [-0.39, 0.29) is 5.91 Å². The van der Waals surface area contributed by atoms with Gasteiger partial charge in [-0.05, 0) is 42.9 Å². The van der Waals surface area contributed by atoms with E-state index < -0.39 is 5.41 Å². The van der Waals surface area contributed by atoms with E-state index in [2.05, 4.69) is 20.4 Å². The molecule has 0 atom stereocenters. The normalized spacial score (nSPS) is 18.3. The number of thioether (sulfide) groups is 1. The summed E-state index contributed by atoms with van der Waals surface area (Å²) in [6, 6.07) is 1.96. The topological polar surface area (TPSA) is 88.3 Å². The first-order valence-corrected chi connectivity index (χ1v) is 10.0. The molecule has 9 heteroatoms. The molecule has 1 saturated heterocycles. The fraction of sp³-hybridized carbons (Fsp3) is 0.389. The molecule has 0 unspecified atom stereocenters. The minimum Gasteiger partial charge on any atom is -0.323 e. The van der Waals surface area contributed by atoms with Gasteiger partial charge in [-0.1, -0.05) is 0 Å². The maximum absolute atomic E-state index is 13.0. The Balaban J connectivity index is 1.55. The first-order valence-electron chi connectivity index (χ1n) is 8.89. The average Bonchev–Trinajstić information content (AvgIpc) is 3.21. The number of carbonyl (C=O) groups excluding carboxylic acids is 1. The summed E-state index contributed by atoms with van der Waals surface area (Å²) in [6.45, 7) is 2.00. The molecule has 138 valence electrons. The summed E-state index contributed by atoms with van der Waals surface area (Å²) in [5.74, 6) is 2.60. The second-order valence-corrected chi connectivity index (χ2v) is 8.27. The maximum Gasteiger partial charge on any atom is 0.239 e. The number of amides is 1. The van der Waals surface area contributed by atoms with Crippen LogP contribution in [0.4, 0.5) is 17.3 Å². The molecule has 0 bridgehead atoms. The lowest BCUT2D eigenvalue weighted by Crippen LogP contribution is -2.41. The summed E-state index contributed by atoms with van der Waals surface area (Å²) in [5.41, 5.74) is 3.85. The summed E-state index contributed by atoms with van der Waals surface area (Å²) in [4.78, 5) is 28.1. The standard InChI is InChI=1S/C18H19N7OS/c1-11-7-14-20-10-21-25(14)9-12(11)22-17-19-8-13-15(23-17)18(16(26)24(13)2)3-5-27-6-4-18/h7-10H,3-6H2,1-2H3,(H,19,22,23). The molecule has 8 nitrogen and oxygen atoms in total. The summed E-state index contributed by atoms with van der Waals surface area (Å²) in [6.07, 6.45) is 6.81. The number of rotatable bonds is 2. The first kappa shape index (κ1) is 16.5. The summed E-state index contributed by atoms with van der Waals surface area (Å²) >= 11 is 1.90. The van der Waals surface area contributed by atoms with Crippen LogP contribution in [0.5, 0.6) is 0 Å². The Hall–Kier alpha value is -2.68. The number of hydrogen-bond acceptors (Lipinski definition) is 7. The molecule has 1 spiro atoms. The van der Waals surface area contributed by atoms with Crippen molar-refractivity contribution in [2.75, 3.05) is 28.8 Å². The summed E-state index contributed by atoms with van der Waals surface area (Å²) in [7, 11) is 1.82. The highest BCUT2D eigenvalue weighted by molar-refractivity contribution is 7.99. The molecule has 2 aliphatic rings. The molecule has 2 aliphatic heterocycles. The fourth-order valence-corrected chi connectivity index (χ4v) is 5.13. The number of likely N-dealkylation sites (N-methyl/N-ethyl adjacent to an activating group) is 1. The Morgan fingerprint density at radius 1 is 1.26 bits per heavy atom. The van der Waals surface area contributed by atoms with Crippen molar-refractivity contribution in [2.45, 2.75) is 25.2 Å². The van der Waals surface area contributed by atoms with Gasteiger partial charge in [0.1, 0.15) is 6.33 Å². The number of hydrogen-bond donors (Lipinski definition) is 1. The number of nitrogens with zero attached hydrogens (tertiary/aromatic N) is 6. The van der Waals surface area contributed by atoms with Crippen LogP contribution in [0.25, 0.3) is 5.65 Å². The highest BCUT2D eigenvalue weighted by Gasteiger charge is 2.51. The molecule has 5 rings (SSSR count). The molecular formula is C18H19N7OS. The highest BCUT2D eigenvalue weighted by atomic mass is 32.2. The van der Waals surface area contributed by atoms with Gasteiger partial charge >= 0.3 is 0 Å². The van der Waals surface area contributed by atoms with Crippen molar-refractivity contribution in [1.82, 2.24) is 24.6 Å². The van der Waals surface area contributed by atoms with Crippen molar-refractivity contribution in [3.8, 4) is 0 Å². The number of aromatic nitrogens is 5. The van der Waals surface area contributed by atoms with Gasteiger partial charge in [0, 0.05) is 7.05 Å². The largest absolute Gasteiger partial charge is 0.323 e. The molecule has 27 heavy (non-hydrogen) atoms. The Bertz CT molecular complexity index is 1060. The molecule has 0 aromatic carbocycles. The third kappa shape index (κ3) is 2.41. The van der Waals surface area contributed by atoms with Crippen LogP contribution in [0.15, 0.2) is 24.8 Å². The molecule has 0 saturated carbocycles. The second kappa shape index (κ2) is 5.91. The van der Waals surface area contributed by atoms with Crippen LogP contribution in [-0.4, -0.2) is 49.0 Å². The average molecular weight is 381 g/mol. The third-order valence-corrected chi connectivity index (χ3v) is 6.50. The zero-order valence-corrected chi connectivity index (χ0v) is 16.0. The molecule has 1 amide bonds. The number of fused-ring (bicyclic) bond motifs is 3. The van der Waals surface area contributed by atoms with E-state index in [0.29, 0.717) is 5.95 Å². The van der Waals surface area contributed by atoms with E-state index >= 15 is 0 Å². The van der Waals surface area contributed by atoms with E-state index in [1.54, 1.807) is 15.6 Å². The lowest BCUT2D eigenvalue weighted by atomic mass is 9.79. The Morgan fingerprint density at radius 3 is 2.89 bits per heavy atom. The van der Waals surface area contributed by atoms with Crippen molar-refractivity contribution in [3.63, 3.8) is 0 Å². The quantitative estimate of drug-likeness (QED) is 0.729. The SMILES string of the molecule is Cc1cc2ncnn2cc1Nc1ncc2c(n1)C1(CCSCC1)C(=O)N2C. The van der Waals surface area contributed by atoms with E-state index in [1.807, 2.05) is 38.0 Å². The van der Waals surface area contributed by atoms with E-state index in [1.165, 1.54) is 6.33 Å². The summed E-state index contributed by atoms with van der Waals surface area (Å²) in [5, 5.41) is 7.47. The van der Waals surface area contributed by atoms with Gasteiger partial charge in [-0.2, -0.15) is 16.9 Å². The van der Waals surface area contributed by atoms with Crippen LogP contribution in [0.2, 0.25) is 0 Å². The Kier molecular flexibility index (Phi) is 3.61. The van der Waals surface area contributed by atoms with Crippen molar-refractivity contribution in [3.05, 3.63) is 36.0 Å². The highest BCUT2D eigenvalue weighted by Crippen LogP contribution is 2.47. The van der Waals surface area contributed by atoms with Gasteiger partial charge in [0.25, 0.3) is 0 Å². The molecule has 1 fully saturated rings. The van der Waals surface area contributed by atoms with Gasteiger partial charge in [0.15, 0.2) is 5.65 Å². The monoisotopic (exact) mass is 381 g/mol. The number of anilines is 3. The first-order chi connectivity index (χ1) is 13.1.